The number of carbonyl (C=O) groups is 1. The Balaban J connectivity index is 0.000000580. The number of allylic oxidation sites excluding steroid dienone is 3. The van der Waals surface area contributed by atoms with Crippen molar-refractivity contribution in [3.8, 4) is 0 Å². The summed E-state index contributed by atoms with van der Waals surface area (Å²) in [5.74, 6) is 1.84. The summed E-state index contributed by atoms with van der Waals surface area (Å²) in [4.78, 5) is 8.00. The quantitative estimate of drug-likeness (QED) is 0.465. The van der Waals surface area contributed by atoms with Crippen molar-refractivity contribution in [1.82, 2.24) is 0 Å². The molecule has 0 heterocycles. The van der Waals surface area contributed by atoms with Crippen LogP contribution < -0.4 is 16.2 Å². The molecule has 0 aliphatic heterocycles. The van der Waals surface area contributed by atoms with E-state index in [4.69, 9.17) is 10.5 Å². The van der Waals surface area contributed by atoms with E-state index in [1.165, 1.54) is 59.6 Å². The number of hydrogen-bond acceptors (Lipinski definition) is 2. The Morgan fingerprint density at radius 3 is 2.31 bits per heavy atom. The number of carbonyl (C=O) groups excluding carboxylic acids is 1. The second kappa shape index (κ2) is 18.5. The van der Waals surface area contributed by atoms with E-state index < -0.39 is 0 Å². The van der Waals surface area contributed by atoms with Gasteiger partial charge in [-0.25, -0.2) is 0 Å². The van der Waals surface area contributed by atoms with Crippen LogP contribution in [0.1, 0.15) is 83.4 Å². The van der Waals surface area contributed by atoms with Crippen LogP contribution in [0.5, 0.6) is 0 Å². The van der Waals surface area contributed by atoms with Gasteiger partial charge in [-0.2, -0.15) is 0 Å². The first-order valence-electron chi connectivity index (χ1n) is 13.0. The normalized spacial score (nSPS) is 18.2. The smallest absolute Gasteiger partial charge is 0.106 e. The molecule has 2 unspecified atom stereocenters. The molecule has 2 N–H and O–H groups in total. The molecule has 2 atom stereocenters. The van der Waals surface area contributed by atoms with Crippen LogP contribution in [-0.2, 0) is 4.79 Å². The molecular weight excluding hydrogens is 426 g/mol. The van der Waals surface area contributed by atoms with Gasteiger partial charge in [-0.15, -0.1) is 0 Å². The van der Waals surface area contributed by atoms with E-state index in [1.807, 2.05) is 34.5 Å². The molecule has 1 aliphatic carbocycles. The first-order chi connectivity index (χ1) is 16.8. The van der Waals surface area contributed by atoms with Gasteiger partial charge in [0.25, 0.3) is 0 Å². The van der Waals surface area contributed by atoms with Crippen LogP contribution in [0.25, 0.3) is 18.2 Å². The van der Waals surface area contributed by atoms with Crippen LogP contribution >= 0.6 is 0 Å². The van der Waals surface area contributed by atoms with E-state index in [0.717, 1.165) is 22.6 Å². The van der Waals surface area contributed by atoms with Crippen LogP contribution in [-0.4, -0.2) is 6.79 Å². The monoisotopic (exact) mass is 475 g/mol. The summed E-state index contributed by atoms with van der Waals surface area (Å²) in [6.07, 6.45) is 13.1. The van der Waals surface area contributed by atoms with Crippen LogP contribution in [0.2, 0.25) is 0 Å². The van der Waals surface area contributed by atoms with Gasteiger partial charge in [0.1, 0.15) is 6.79 Å². The summed E-state index contributed by atoms with van der Waals surface area (Å²) >= 11 is 0. The van der Waals surface area contributed by atoms with Crippen molar-refractivity contribution in [1.29, 1.82) is 0 Å². The number of aryl methyl sites for hydroxylation is 2. The lowest BCUT2D eigenvalue weighted by Crippen LogP contribution is -2.22. The predicted octanol–water partition coefficient (Wildman–Crippen LogP) is 7.50. The van der Waals surface area contributed by atoms with Gasteiger partial charge in [-0.1, -0.05) is 107 Å². The summed E-state index contributed by atoms with van der Waals surface area (Å²) in [7, 11) is 0. The molecule has 35 heavy (non-hydrogen) atoms. The van der Waals surface area contributed by atoms with Crippen LogP contribution in [0.15, 0.2) is 60.3 Å². The van der Waals surface area contributed by atoms with E-state index in [0.29, 0.717) is 0 Å². The van der Waals surface area contributed by atoms with Crippen molar-refractivity contribution < 1.29 is 4.79 Å². The van der Waals surface area contributed by atoms with Crippen LogP contribution in [0.4, 0.5) is 0 Å². The molecule has 0 amide bonds. The minimum Gasteiger partial charge on any atom is -0.404 e. The molecule has 0 radical (unpaired) electrons. The van der Waals surface area contributed by atoms with E-state index >= 15 is 0 Å². The molecule has 192 valence electrons. The number of nitrogens with two attached hydrogens (primary N) is 1. The molecule has 0 spiro atoms. The molecule has 0 saturated heterocycles. The van der Waals surface area contributed by atoms with Crippen LogP contribution in [0, 0.1) is 25.7 Å². The molecule has 1 saturated carbocycles. The van der Waals surface area contributed by atoms with E-state index in [9.17, 15) is 0 Å². The fourth-order valence-corrected chi connectivity index (χ4v) is 4.51. The van der Waals surface area contributed by atoms with E-state index in [1.54, 1.807) is 6.20 Å². The molecule has 0 aromatic heterocycles. The highest BCUT2D eigenvalue weighted by atomic mass is 16.1. The highest BCUT2D eigenvalue weighted by molar-refractivity contribution is 5.80. The van der Waals surface area contributed by atoms with Crippen molar-refractivity contribution in [3.63, 3.8) is 0 Å². The lowest BCUT2D eigenvalue weighted by atomic mass is 9.81. The zero-order valence-corrected chi connectivity index (χ0v) is 23.4. The molecule has 0 bridgehead atoms. The van der Waals surface area contributed by atoms with Gasteiger partial charge in [0.05, 0.1) is 0 Å². The standard InChI is InChI=1S/C16H22.C14H19N.C2H6.CH2O/c1-13-6-5-8-15(12-13)10-11-16-9-4-3-7-14(16)2;1-5-13(12(4)9-15)14-8-10(2)6-7-11(14)3;2*1-2/h3-4,7,9,11,13,15H,2,5-6,8,10,12H2,1H3;5-9H,15H2,1-4H3;1-2H3;1H2/b16-11+;12-9+,13-5-;;. The first-order valence-corrected chi connectivity index (χ1v) is 13.0. The Bertz CT molecular complexity index is 1030. The fraction of sp³-hybridized carbons (Fsp3) is 0.424. The zero-order valence-electron chi connectivity index (χ0n) is 23.4. The maximum atomic E-state index is 8.00. The Kier molecular flexibility index (Phi) is 16.9. The highest BCUT2D eigenvalue weighted by Crippen LogP contribution is 2.30. The Labute approximate surface area is 215 Å². The third-order valence-electron chi connectivity index (χ3n) is 6.42. The van der Waals surface area contributed by atoms with Crippen molar-refractivity contribution in [2.24, 2.45) is 17.6 Å². The zero-order chi connectivity index (χ0) is 26.8. The van der Waals surface area contributed by atoms with Gasteiger partial charge in [0.2, 0.25) is 0 Å². The number of hydrogen-bond donors (Lipinski definition) is 1. The Morgan fingerprint density at radius 2 is 1.74 bits per heavy atom. The van der Waals surface area contributed by atoms with Gasteiger partial charge >= 0.3 is 0 Å². The Morgan fingerprint density at radius 1 is 1.09 bits per heavy atom. The average molecular weight is 476 g/mol. The first kappa shape index (κ1) is 32.1. The molecular formula is C33H49NO. The largest absolute Gasteiger partial charge is 0.404 e. The molecule has 2 heteroatoms. The lowest BCUT2D eigenvalue weighted by molar-refractivity contribution is -0.0979. The fourth-order valence-electron chi connectivity index (χ4n) is 4.51. The topological polar surface area (TPSA) is 43.1 Å². The van der Waals surface area contributed by atoms with Gasteiger partial charge in [-0.05, 0) is 91.3 Å². The molecule has 2 nitrogen and oxygen atoms in total. The highest BCUT2D eigenvalue weighted by Gasteiger charge is 2.17. The van der Waals surface area contributed by atoms with E-state index in [-0.39, 0.29) is 0 Å². The lowest BCUT2D eigenvalue weighted by Gasteiger charge is -2.25. The SMILES string of the molecule is C/C=C(/C(C)=C/N)c1cc(C)ccc1C.C=O.C=c1cccc/c1=C\CC1CCCC(C)C1.CC. The maximum absolute atomic E-state index is 8.00. The molecule has 1 aliphatic rings. The van der Waals surface area contributed by atoms with Gasteiger partial charge < -0.3 is 10.5 Å². The molecule has 2 aromatic rings. The van der Waals surface area contributed by atoms with Crippen molar-refractivity contribution in [3.05, 3.63) is 87.4 Å². The number of rotatable bonds is 4. The minimum atomic E-state index is 0.906. The second-order valence-electron chi connectivity index (χ2n) is 9.15. The van der Waals surface area contributed by atoms with Gasteiger partial charge in [-0.3, -0.25) is 0 Å². The predicted molar refractivity (Wildman–Crippen MR) is 157 cm³/mol. The summed E-state index contributed by atoms with van der Waals surface area (Å²) in [5, 5.41) is 2.48. The van der Waals surface area contributed by atoms with Crippen molar-refractivity contribution >= 4 is 25.0 Å². The third-order valence-corrected chi connectivity index (χ3v) is 6.42. The second-order valence-corrected chi connectivity index (χ2v) is 9.15. The summed E-state index contributed by atoms with van der Waals surface area (Å²) in [6.45, 7) is 20.8. The average Bonchev–Trinajstić information content (AvgIpc) is 2.89. The van der Waals surface area contributed by atoms with Gasteiger partial charge in [0, 0.05) is 0 Å². The Hall–Kier alpha value is -2.87. The van der Waals surface area contributed by atoms with Crippen LogP contribution in [0.3, 0.4) is 0 Å². The summed E-state index contributed by atoms with van der Waals surface area (Å²) in [6, 6.07) is 14.9. The maximum Gasteiger partial charge on any atom is 0.106 e. The number of benzene rings is 2. The summed E-state index contributed by atoms with van der Waals surface area (Å²) < 4.78 is 0. The van der Waals surface area contributed by atoms with E-state index in [2.05, 4.69) is 82.0 Å². The third kappa shape index (κ3) is 11.4. The summed E-state index contributed by atoms with van der Waals surface area (Å²) in [5.41, 5.74) is 11.7. The van der Waals surface area contributed by atoms with Gasteiger partial charge in [0.15, 0.2) is 0 Å². The molecule has 1 fully saturated rings. The molecule has 3 rings (SSSR count). The van der Waals surface area contributed by atoms with Crippen molar-refractivity contribution in [2.75, 3.05) is 0 Å². The van der Waals surface area contributed by atoms with Crippen molar-refractivity contribution in [2.45, 2.75) is 80.6 Å². The minimum absolute atomic E-state index is 0.906. The molecule has 2 aromatic carbocycles.